The minimum absolute atomic E-state index is 0.263. The van der Waals surface area contributed by atoms with Crippen LogP contribution < -0.4 is 10.1 Å². The Kier molecular flexibility index (Phi) is 7.20. The number of carbonyl (C=O) groups excluding carboxylic acids is 2. The predicted octanol–water partition coefficient (Wildman–Crippen LogP) is 4.10. The van der Waals surface area contributed by atoms with Crippen molar-refractivity contribution in [2.75, 3.05) is 7.11 Å². The summed E-state index contributed by atoms with van der Waals surface area (Å²) in [5.74, 6) is 0.862. The Bertz CT molecular complexity index is 856. The van der Waals surface area contributed by atoms with Crippen molar-refractivity contribution < 1.29 is 23.8 Å². The summed E-state index contributed by atoms with van der Waals surface area (Å²) in [5.41, 5.74) is 2.07. The topological polar surface area (TPSA) is 86.8 Å². The van der Waals surface area contributed by atoms with Crippen molar-refractivity contribution in [1.82, 2.24) is 10.3 Å². The van der Waals surface area contributed by atoms with Crippen molar-refractivity contribution in [2.24, 2.45) is 0 Å². The van der Waals surface area contributed by atoms with Crippen LogP contribution in [0, 0.1) is 13.8 Å². The van der Waals surface area contributed by atoms with Crippen molar-refractivity contribution in [3.8, 4) is 11.5 Å². The molecule has 1 atom stereocenters. The number of nitrogens with one attached hydrogen (secondary N) is 1. The van der Waals surface area contributed by atoms with Crippen LogP contribution in [0.4, 0.5) is 4.79 Å². The maximum atomic E-state index is 12.1. The van der Waals surface area contributed by atoms with E-state index in [1.807, 2.05) is 44.2 Å². The fourth-order valence-electron chi connectivity index (χ4n) is 2.57. The first-order valence-corrected chi connectivity index (χ1v) is 9.35. The zero-order valence-electron chi connectivity index (χ0n) is 17.7. The van der Waals surface area contributed by atoms with Crippen LogP contribution in [0.15, 0.2) is 36.5 Å². The van der Waals surface area contributed by atoms with Gasteiger partial charge in [-0.3, -0.25) is 4.98 Å². The SMILES string of the molecule is COC(=O)C(Cc1ccc(Oc2ccnc(C)c2C)cc1)NC(=O)OC(C)(C)C. The lowest BCUT2D eigenvalue weighted by atomic mass is 10.1. The third-order valence-corrected chi connectivity index (χ3v) is 4.17. The van der Waals surface area contributed by atoms with Gasteiger partial charge in [0.15, 0.2) is 0 Å². The number of nitrogens with zero attached hydrogens (tertiary/aromatic N) is 1. The van der Waals surface area contributed by atoms with Gasteiger partial charge in [-0.05, 0) is 58.4 Å². The number of pyridine rings is 1. The summed E-state index contributed by atoms with van der Waals surface area (Å²) in [6.45, 7) is 9.14. The number of ether oxygens (including phenoxy) is 3. The minimum Gasteiger partial charge on any atom is -0.467 e. The molecule has 7 nitrogen and oxygen atoms in total. The number of carbonyl (C=O) groups is 2. The molecule has 1 unspecified atom stereocenters. The summed E-state index contributed by atoms with van der Waals surface area (Å²) in [6.07, 6.45) is 1.30. The molecule has 0 aliphatic rings. The molecule has 7 heteroatoms. The highest BCUT2D eigenvalue weighted by atomic mass is 16.6. The van der Waals surface area contributed by atoms with Gasteiger partial charge in [-0.1, -0.05) is 12.1 Å². The van der Waals surface area contributed by atoms with Gasteiger partial charge in [-0.15, -0.1) is 0 Å². The first-order valence-electron chi connectivity index (χ1n) is 9.35. The van der Waals surface area contributed by atoms with Crippen molar-refractivity contribution in [3.63, 3.8) is 0 Å². The lowest BCUT2D eigenvalue weighted by Crippen LogP contribution is -2.45. The van der Waals surface area contributed by atoms with Crippen LogP contribution in [0.3, 0.4) is 0 Å². The monoisotopic (exact) mass is 400 g/mol. The molecule has 0 bridgehead atoms. The second-order valence-corrected chi connectivity index (χ2v) is 7.69. The van der Waals surface area contributed by atoms with Crippen LogP contribution in [0.1, 0.15) is 37.6 Å². The van der Waals surface area contributed by atoms with Crippen molar-refractivity contribution >= 4 is 12.1 Å². The Morgan fingerprint density at radius 1 is 1.10 bits per heavy atom. The largest absolute Gasteiger partial charge is 0.467 e. The highest BCUT2D eigenvalue weighted by Gasteiger charge is 2.25. The maximum Gasteiger partial charge on any atom is 0.408 e. The zero-order chi connectivity index (χ0) is 21.6. The van der Waals surface area contributed by atoms with E-state index >= 15 is 0 Å². The van der Waals surface area contributed by atoms with E-state index in [0.717, 1.165) is 22.6 Å². The van der Waals surface area contributed by atoms with E-state index in [9.17, 15) is 9.59 Å². The van der Waals surface area contributed by atoms with E-state index in [1.165, 1.54) is 7.11 Å². The number of amides is 1. The minimum atomic E-state index is -0.855. The molecule has 0 aliphatic carbocycles. The molecule has 2 rings (SSSR count). The Morgan fingerprint density at radius 2 is 1.76 bits per heavy atom. The number of aromatic nitrogens is 1. The van der Waals surface area contributed by atoms with Gasteiger partial charge in [0.1, 0.15) is 23.1 Å². The number of hydrogen-bond donors (Lipinski definition) is 1. The highest BCUT2D eigenvalue weighted by molar-refractivity contribution is 5.81. The fraction of sp³-hybridized carbons (Fsp3) is 0.409. The Morgan fingerprint density at radius 3 is 2.34 bits per heavy atom. The normalized spacial score (nSPS) is 12.1. The Balaban J connectivity index is 2.07. The van der Waals surface area contributed by atoms with Crippen LogP contribution in [0.2, 0.25) is 0 Å². The molecule has 0 saturated heterocycles. The standard InChI is InChI=1S/C22H28N2O5/c1-14-15(2)23-12-11-19(14)28-17-9-7-16(8-10-17)13-18(20(25)27-6)24-21(26)29-22(3,4)5/h7-12,18H,13H2,1-6H3,(H,24,26). The number of benzene rings is 1. The second kappa shape index (κ2) is 9.41. The first-order chi connectivity index (χ1) is 13.6. The van der Waals surface area contributed by atoms with Crippen molar-refractivity contribution in [3.05, 3.63) is 53.3 Å². The third-order valence-electron chi connectivity index (χ3n) is 4.17. The first kappa shape index (κ1) is 22.2. The van der Waals surface area contributed by atoms with Crippen molar-refractivity contribution in [1.29, 1.82) is 0 Å². The lowest BCUT2D eigenvalue weighted by Gasteiger charge is -2.22. The number of hydrogen-bond acceptors (Lipinski definition) is 6. The summed E-state index contributed by atoms with van der Waals surface area (Å²) < 4.78 is 15.9. The molecule has 0 radical (unpaired) electrons. The number of aryl methyl sites for hydroxylation is 1. The average molecular weight is 400 g/mol. The average Bonchev–Trinajstić information content (AvgIpc) is 2.64. The predicted molar refractivity (Wildman–Crippen MR) is 109 cm³/mol. The van der Waals surface area contributed by atoms with Crippen LogP contribution in [0.25, 0.3) is 0 Å². The van der Waals surface area contributed by atoms with E-state index < -0.39 is 23.7 Å². The molecule has 2 aromatic rings. The van der Waals surface area contributed by atoms with Crippen molar-refractivity contribution in [2.45, 2.75) is 52.7 Å². The van der Waals surface area contributed by atoms with E-state index in [-0.39, 0.29) is 6.42 Å². The molecule has 1 heterocycles. The molecule has 0 fully saturated rings. The van der Waals surface area contributed by atoms with Crippen LogP contribution in [0.5, 0.6) is 11.5 Å². The summed E-state index contributed by atoms with van der Waals surface area (Å²) in [6, 6.07) is 8.26. The van der Waals surface area contributed by atoms with Crippen LogP contribution >= 0.6 is 0 Å². The van der Waals surface area contributed by atoms with Gasteiger partial charge in [0.2, 0.25) is 0 Å². The molecule has 1 aromatic heterocycles. The Hall–Kier alpha value is -3.09. The Labute approximate surface area is 171 Å². The van der Waals surface area contributed by atoms with Gasteiger partial charge in [-0.25, -0.2) is 9.59 Å². The third kappa shape index (κ3) is 6.78. The summed E-state index contributed by atoms with van der Waals surface area (Å²) in [5, 5.41) is 2.57. The van der Waals surface area contributed by atoms with Gasteiger partial charge < -0.3 is 19.5 Å². The summed E-state index contributed by atoms with van der Waals surface area (Å²) in [7, 11) is 1.28. The zero-order valence-corrected chi connectivity index (χ0v) is 17.7. The van der Waals surface area contributed by atoms with Gasteiger partial charge in [0, 0.05) is 23.9 Å². The molecular formula is C22H28N2O5. The van der Waals surface area contributed by atoms with E-state index in [4.69, 9.17) is 14.2 Å². The highest BCUT2D eigenvalue weighted by Crippen LogP contribution is 2.26. The van der Waals surface area contributed by atoms with E-state index in [2.05, 4.69) is 10.3 Å². The van der Waals surface area contributed by atoms with E-state index in [0.29, 0.717) is 5.75 Å². The van der Waals surface area contributed by atoms with E-state index in [1.54, 1.807) is 27.0 Å². The number of alkyl carbamates (subject to hydrolysis) is 1. The molecular weight excluding hydrogens is 372 g/mol. The molecule has 29 heavy (non-hydrogen) atoms. The molecule has 156 valence electrons. The van der Waals surface area contributed by atoms with Gasteiger partial charge >= 0.3 is 12.1 Å². The second-order valence-electron chi connectivity index (χ2n) is 7.69. The molecule has 0 aliphatic heterocycles. The van der Waals surface area contributed by atoms with Gasteiger partial charge in [0.25, 0.3) is 0 Å². The molecule has 0 spiro atoms. The van der Waals surface area contributed by atoms with Crippen LogP contribution in [-0.4, -0.2) is 35.8 Å². The fourth-order valence-corrected chi connectivity index (χ4v) is 2.57. The number of rotatable bonds is 6. The lowest BCUT2D eigenvalue weighted by molar-refractivity contribution is -0.143. The van der Waals surface area contributed by atoms with Gasteiger partial charge in [-0.2, -0.15) is 0 Å². The van der Waals surface area contributed by atoms with Crippen LogP contribution in [-0.2, 0) is 20.7 Å². The molecule has 1 amide bonds. The summed E-state index contributed by atoms with van der Waals surface area (Å²) in [4.78, 5) is 28.3. The molecule has 0 saturated carbocycles. The van der Waals surface area contributed by atoms with Gasteiger partial charge in [0.05, 0.1) is 7.11 Å². The quantitative estimate of drug-likeness (QED) is 0.735. The molecule has 1 aromatic carbocycles. The smallest absolute Gasteiger partial charge is 0.408 e. The maximum absolute atomic E-state index is 12.1. The molecule has 1 N–H and O–H groups in total. The number of esters is 1. The number of methoxy groups -OCH3 is 1. The summed E-state index contributed by atoms with van der Waals surface area (Å²) >= 11 is 0.